The SMILES string of the molecule is CO[C@H]1CN(CCCCCC(=O)O[C@H]2CN3CCC2CC3)CCC1N. The summed E-state index contributed by atoms with van der Waals surface area (Å²) in [6.45, 7) is 6.38. The number of methoxy groups -OCH3 is 1. The number of ether oxygens (including phenoxy) is 2. The lowest BCUT2D eigenvalue weighted by Gasteiger charge is -2.43. The van der Waals surface area contributed by atoms with Gasteiger partial charge in [-0.15, -0.1) is 0 Å². The number of nitrogens with zero attached hydrogens (tertiary/aromatic N) is 2. The molecule has 6 nitrogen and oxygen atoms in total. The van der Waals surface area contributed by atoms with Gasteiger partial charge in [0.25, 0.3) is 0 Å². The van der Waals surface area contributed by atoms with Crippen LogP contribution in [0.5, 0.6) is 0 Å². The molecule has 25 heavy (non-hydrogen) atoms. The van der Waals surface area contributed by atoms with Gasteiger partial charge in [0, 0.05) is 32.7 Å². The van der Waals surface area contributed by atoms with E-state index in [9.17, 15) is 4.79 Å². The number of fused-ring (bicyclic) bond motifs is 3. The predicted molar refractivity (Wildman–Crippen MR) is 97.3 cm³/mol. The fourth-order valence-electron chi connectivity index (χ4n) is 4.50. The van der Waals surface area contributed by atoms with Gasteiger partial charge in [-0.25, -0.2) is 0 Å². The first-order chi connectivity index (χ1) is 12.2. The van der Waals surface area contributed by atoms with E-state index in [0.717, 1.165) is 51.9 Å². The maximum atomic E-state index is 12.1. The van der Waals surface area contributed by atoms with Gasteiger partial charge in [-0.3, -0.25) is 9.69 Å². The van der Waals surface area contributed by atoms with E-state index in [2.05, 4.69) is 9.80 Å². The van der Waals surface area contributed by atoms with Crippen LogP contribution in [0.3, 0.4) is 0 Å². The van der Waals surface area contributed by atoms with Crippen molar-refractivity contribution >= 4 is 5.97 Å². The van der Waals surface area contributed by atoms with Crippen LogP contribution in [-0.4, -0.2) is 80.4 Å². The Morgan fingerprint density at radius 2 is 1.84 bits per heavy atom. The molecule has 4 fully saturated rings. The van der Waals surface area contributed by atoms with Gasteiger partial charge in [0.15, 0.2) is 0 Å². The lowest BCUT2D eigenvalue weighted by molar-refractivity contribution is -0.158. The lowest BCUT2D eigenvalue weighted by atomic mass is 9.86. The zero-order valence-corrected chi connectivity index (χ0v) is 15.7. The number of likely N-dealkylation sites (tertiary alicyclic amines) is 1. The van der Waals surface area contributed by atoms with Crippen molar-refractivity contribution < 1.29 is 14.3 Å². The standard InChI is InChI=1S/C19H35N3O3/c1-24-18-14-21(12-8-16(18)20)9-4-2-3-5-19(23)25-17-13-22-10-6-15(17)7-11-22/h15-18H,2-14,20H2,1H3/t16?,17-,18-/m0/s1. The number of unbranched alkanes of at least 4 members (excludes halogenated alkanes) is 2. The van der Waals surface area contributed by atoms with Gasteiger partial charge in [-0.05, 0) is 64.2 Å². The fraction of sp³-hybridized carbons (Fsp3) is 0.947. The van der Waals surface area contributed by atoms with Crippen LogP contribution in [0.15, 0.2) is 0 Å². The average molecular weight is 354 g/mol. The van der Waals surface area contributed by atoms with E-state index < -0.39 is 0 Å². The highest BCUT2D eigenvalue weighted by Crippen LogP contribution is 2.29. The second kappa shape index (κ2) is 9.31. The number of carbonyl (C=O) groups is 1. The van der Waals surface area contributed by atoms with Gasteiger partial charge >= 0.3 is 5.97 Å². The molecule has 0 saturated carbocycles. The van der Waals surface area contributed by atoms with Crippen molar-refractivity contribution in [1.29, 1.82) is 0 Å². The summed E-state index contributed by atoms with van der Waals surface area (Å²) < 4.78 is 11.2. The molecule has 0 aromatic carbocycles. The maximum absolute atomic E-state index is 12.1. The molecule has 0 aromatic rings. The molecule has 2 bridgehead atoms. The van der Waals surface area contributed by atoms with E-state index in [4.69, 9.17) is 15.2 Å². The Morgan fingerprint density at radius 3 is 2.52 bits per heavy atom. The summed E-state index contributed by atoms with van der Waals surface area (Å²) in [5, 5.41) is 0. The number of hydrogen-bond acceptors (Lipinski definition) is 6. The third-order valence-electron chi connectivity index (χ3n) is 6.23. The van der Waals surface area contributed by atoms with Gasteiger partial charge in [0.1, 0.15) is 6.10 Å². The average Bonchev–Trinajstić information content (AvgIpc) is 2.63. The fourth-order valence-corrected chi connectivity index (χ4v) is 4.50. The highest BCUT2D eigenvalue weighted by Gasteiger charge is 2.36. The van der Waals surface area contributed by atoms with Gasteiger partial charge in [0.05, 0.1) is 6.10 Å². The third-order valence-corrected chi connectivity index (χ3v) is 6.23. The van der Waals surface area contributed by atoms with Crippen molar-refractivity contribution in [3.05, 3.63) is 0 Å². The summed E-state index contributed by atoms with van der Waals surface area (Å²) in [6, 6.07) is 0.169. The van der Waals surface area contributed by atoms with Crippen molar-refractivity contribution in [2.24, 2.45) is 11.7 Å². The number of hydrogen-bond donors (Lipinski definition) is 1. The largest absolute Gasteiger partial charge is 0.461 e. The lowest BCUT2D eigenvalue weighted by Crippen LogP contribution is -2.51. The molecule has 0 aliphatic carbocycles. The van der Waals surface area contributed by atoms with Crippen molar-refractivity contribution in [3.63, 3.8) is 0 Å². The molecule has 0 aromatic heterocycles. The molecule has 4 rings (SSSR count). The maximum Gasteiger partial charge on any atom is 0.306 e. The normalized spacial score (nSPS) is 35.7. The van der Waals surface area contributed by atoms with E-state index in [1.54, 1.807) is 7.11 Å². The van der Waals surface area contributed by atoms with E-state index in [1.807, 2.05) is 0 Å². The summed E-state index contributed by atoms with van der Waals surface area (Å²) in [4.78, 5) is 16.9. The molecule has 144 valence electrons. The van der Waals surface area contributed by atoms with Crippen LogP contribution in [0.2, 0.25) is 0 Å². The molecule has 3 atom stereocenters. The summed E-state index contributed by atoms with van der Waals surface area (Å²) >= 11 is 0. The Labute approximate surface area is 152 Å². The molecule has 4 saturated heterocycles. The van der Waals surface area contributed by atoms with Gasteiger partial charge in [-0.2, -0.15) is 0 Å². The van der Waals surface area contributed by atoms with Crippen molar-refractivity contribution in [2.75, 3.05) is 46.4 Å². The first-order valence-electron chi connectivity index (χ1n) is 10.1. The Bertz CT molecular complexity index is 426. The minimum Gasteiger partial charge on any atom is -0.461 e. The molecule has 0 radical (unpaired) electrons. The monoisotopic (exact) mass is 353 g/mol. The number of piperidine rings is 4. The first-order valence-corrected chi connectivity index (χ1v) is 10.1. The predicted octanol–water partition coefficient (Wildman–Crippen LogP) is 1.23. The summed E-state index contributed by atoms with van der Waals surface area (Å²) in [5.74, 6) is 0.607. The molecule has 4 aliphatic heterocycles. The highest BCUT2D eigenvalue weighted by molar-refractivity contribution is 5.69. The molecule has 0 amide bonds. The van der Waals surface area contributed by atoms with Crippen molar-refractivity contribution in [2.45, 2.75) is 63.2 Å². The topological polar surface area (TPSA) is 68.0 Å². The Kier molecular flexibility index (Phi) is 7.10. The van der Waals surface area contributed by atoms with Crippen LogP contribution in [0, 0.1) is 5.92 Å². The third kappa shape index (κ3) is 5.39. The molecule has 0 spiro atoms. The molecule has 4 aliphatic rings. The van der Waals surface area contributed by atoms with Crippen LogP contribution in [0.1, 0.15) is 44.9 Å². The van der Waals surface area contributed by atoms with Crippen LogP contribution in [0.25, 0.3) is 0 Å². The molecular formula is C19H35N3O3. The van der Waals surface area contributed by atoms with Gasteiger partial charge in [-0.1, -0.05) is 6.42 Å². The highest BCUT2D eigenvalue weighted by atomic mass is 16.5. The molecular weight excluding hydrogens is 318 g/mol. The van der Waals surface area contributed by atoms with E-state index in [-0.39, 0.29) is 24.2 Å². The first kappa shape index (κ1) is 19.1. The van der Waals surface area contributed by atoms with Crippen molar-refractivity contribution in [3.8, 4) is 0 Å². The number of esters is 1. The Hall–Kier alpha value is -0.690. The van der Waals surface area contributed by atoms with Gasteiger partial charge in [0.2, 0.25) is 0 Å². The second-order valence-electron chi connectivity index (χ2n) is 8.00. The van der Waals surface area contributed by atoms with Crippen LogP contribution in [-0.2, 0) is 14.3 Å². The molecule has 6 heteroatoms. The minimum atomic E-state index is 0.00198. The second-order valence-corrected chi connectivity index (χ2v) is 8.00. The van der Waals surface area contributed by atoms with Crippen LogP contribution < -0.4 is 5.73 Å². The number of rotatable bonds is 8. The summed E-state index contributed by atoms with van der Waals surface area (Å²) in [5.41, 5.74) is 6.05. The van der Waals surface area contributed by atoms with Gasteiger partial charge < -0.3 is 20.1 Å². The zero-order valence-electron chi connectivity index (χ0n) is 15.7. The van der Waals surface area contributed by atoms with E-state index in [0.29, 0.717) is 12.3 Å². The molecule has 2 N–H and O–H groups in total. The zero-order chi connectivity index (χ0) is 17.6. The van der Waals surface area contributed by atoms with E-state index in [1.165, 1.54) is 25.9 Å². The number of nitrogens with two attached hydrogens (primary N) is 1. The minimum absolute atomic E-state index is 0.00198. The van der Waals surface area contributed by atoms with Crippen molar-refractivity contribution in [1.82, 2.24) is 9.80 Å². The van der Waals surface area contributed by atoms with E-state index >= 15 is 0 Å². The molecule has 1 unspecified atom stereocenters. The Balaban J connectivity index is 1.24. The Morgan fingerprint density at radius 1 is 1.04 bits per heavy atom. The summed E-state index contributed by atoms with van der Waals surface area (Å²) in [7, 11) is 1.74. The van der Waals surface area contributed by atoms with Crippen LogP contribution >= 0.6 is 0 Å². The quantitative estimate of drug-likeness (QED) is 0.523. The number of carbonyl (C=O) groups excluding carboxylic acids is 1. The summed E-state index contributed by atoms with van der Waals surface area (Å²) in [6.07, 6.45) is 7.40. The van der Waals surface area contributed by atoms with Crippen LogP contribution in [0.4, 0.5) is 0 Å². The molecule has 4 heterocycles. The smallest absolute Gasteiger partial charge is 0.306 e.